The molecule has 2 heterocycles. The number of hydrogen-bond acceptors (Lipinski definition) is 2. The maximum Gasteiger partial charge on any atom is 0.0869 e. The lowest BCUT2D eigenvalue weighted by atomic mass is 9.85. The Morgan fingerprint density at radius 1 is 1.22 bits per heavy atom. The smallest absolute Gasteiger partial charge is 0.0869 e. The molecular formula is C16H19NO. The SMILES string of the molecule is C1=C2CCCC[C@@H]2N[C@]12COCc1ccccc12. The minimum Gasteiger partial charge on any atom is -0.374 e. The van der Waals surface area contributed by atoms with Gasteiger partial charge in [0.2, 0.25) is 0 Å². The lowest BCUT2D eigenvalue weighted by Gasteiger charge is -2.36. The van der Waals surface area contributed by atoms with Crippen LogP contribution in [0, 0.1) is 0 Å². The molecule has 3 aliphatic rings. The Labute approximate surface area is 108 Å². The molecule has 1 saturated carbocycles. The van der Waals surface area contributed by atoms with E-state index < -0.39 is 0 Å². The van der Waals surface area contributed by atoms with Crippen LogP contribution in [0.15, 0.2) is 35.9 Å². The fourth-order valence-corrected chi connectivity index (χ4v) is 3.76. The molecule has 1 fully saturated rings. The molecule has 2 nitrogen and oxygen atoms in total. The number of hydrogen-bond donors (Lipinski definition) is 1. The quantitative estimate of drug-likeness (QED) is 0.705. The molecule has 2 aliphatic heterocycles. The van der Waals surface area contributed by atoms with E-state index in [1.807, 2.05) is 0 Å². The van der Waals surface area contributed by atoms with Gasteiger partial charge in [-0.15, -0.1) is 0 Å². The number of nitrogens with one attached hydrogen (secondary N) is 1. The minimum atomic E-state index is -0.0425. The maximum atomic E-state index is 5.83. The summed E-state index contributed by atoms with van der Waals surface area (Å²) in [5.41, 5.74) is 4.34. The summed E-state index contributed by atoms with van der Waals surface area (Å²) in [4.78, 5) is 0. The Bertz CT molecular complexity index is 508. The Morgan fingerprint density at radius 3 is 3.11 bits per heavy atom. The first kappa shape index (κ1) is 10.8. The van der Waals surface area contributed by atoms with Crippen LogP contribution in [-0.2, 0) is 16.9 Å². The molecule has 4 rings (SSSR count). The van der Waals surface area contributed by atoms with Crippen LogP contribution in [-0.4, -0.2) is 12.6 Å². The third-order valence-electron chi connectivity index (χ3n) is 4.60. The average molecular weight is 241 g/mol. The summed E-state index contributed by atoms with van der Waals surface area (Å²) in [6, 6.07) is 9.30. The van der Waals surface area contributed by atoms with Crippen molar-refractivity contribution in [1.29, 1.82) is 0 Å². The summed E-state index contributed by atoms with van der Waals surface area (Å²) in [5.74, 6) is 0. The predicted octanol–water partition coefficient (Wildman–Crippen LogP) is 2.88. The van der Waals surface area contributed by atoms with Gasteiger partial charge in [0.1, 0.15) is 0 Å². The van der Waals surface area contributed by atoms with Gasteiger partial charge in [0.25, 0.3) is 0 Å². The molecular weight excluding hydrogens is 222 g/mol. The van der Waals surface area contributed by atoms with Crippen molar-refractivity contribution in [3.63, 3.8) is 0 Å². The van der Waals surface area contributed by atoms with Crippen molar-refractivity contribution in [3.05, 3.63) is 47.0 Å². The monoisotopic (exact) mass is 241 g/mol. The van der Waals surface area contributed by atoms with Crippen molar-refractivity contribution < 1.29 is 4.74 Å². The Hall–Kier alpha value is -1.12. The second kappa shape index (κ2) is 3.94. The van der Waals surface area contributed by atoms with Crippen molar-refractivity contribution >= 4 is 0 Å². The van der Waals surface area contributed by atoms with Crippen LogP contribution in [0.1, 0.15) is 36.8 Å². The molecule has 0 unspecified atom stereocenters. The van der Waals surface area contributed by atoms with Gasteiger partial charge in [-0.25, -0.2) is 0 Å². The standard InChI is InChI=1S/C16H19NO/c1-3-7-14-13(6-1)10-18-11-16(14)9-12-5-2-4-8-15(12)17-16/h1,3,6-7,9,15,17H,2,4-5,8,10-11H2/t15-,16-/m0/s1. The van der Waals surface area contributed by atoms with Gasteiger partial charge in [0.15, 0.2) is 0 Å². The Morgan fingerprint density at radius 2 is 2.17 bits per heavy atom. The fraction of sp³-hybridized carbons (Fsp3) is 0.500. The van der Waals surface area contributed by atoms with E-state index >= 15 is 0 Å². The van der Waals surface area contributed by atoms with Crippen LogP contribution in [0.5, 0.6) is 0 Å². The molecule has 0 saturated heterocycles. The summed E-state index contributed by atoms with van der Waals surface area (Å²) >= 11 is 0. The summed E-state index contributed by atoms with van der Waals surface area (Å²) in [6.07, 6.45) is 7.72. The lowest BCUT2D eigenvalue weighted by Crippen LogP contribution is -2.48. The zero-order valence-electron chi connectivity index (χ0n) is 10.6. The van der Waals surface area contributed by atoms with Crippen LogP contribution < -0.4 is 5.32 Å². The fourth-order valence-electron chi connectivity index (χ4n) is 3.76. The van der Waals surface area contributed by atoms with Crippen molar-refractivity contribution in [2.45, 2.75) is 43.9 Å². The highest BCUT2D eigenvalue weighted by Crippen LogP contribution is 2.41. The first-order chi connectivity index (χ1) is 8.87. The Balaban J connectivity index is 1.80. The molecule has 0 radical (unpaired) electrons. The van der Waals surface area contributed by atoms with Crippen LogP contribution >= 0.6 is 0 Å². The zero-order chi connectivity index (χ0) is 12.0. The highest BCUT2D eigenvalue weighted by Gasteiger charge is 2.43. The van der Waals surface area contributed by atoms with Gasteiger partial charge in [-0.1, -0.05) is 42.3 Å². The van der Waals surface area contributed by atoms with Gasteiger partial charge >= 0.3 is 0 Å². The normalized spacial score (nSPS) is 34.0. The van der Waals surface area contributed by atoms with Crippen LogP contribution in [0.25, 0.3) is 0 Å². The largest absolute Gasteiger partial charge is 0.374 e. The first-order valence-electron chi connectivity index (χ1n) is 7.03. The third-order valence-corrected chi connectivity index (χ3v) is 4.60. The van der Waals surface area contributed by atoms with Crippen LogP contribution in [0.3, 0.4) is 0 Å². The number of fused-ring (bicyclic) bond motifs is 3. The van der Waals surface area contributed by atoms with Gasteiger partial charge < -0.3 is 4.74 Å². The van der Waals surface area contributed by atoms with Crippen molar-refractivity contribution in [2.24, 2.45) is 0 Å². The van der Waals surface area contributed by atoms with E-state index in [-0.39, 0.29) is 5.54 Å². The Kier molecular flexibility index (Phi) is 2.36. The van der Waals surface area contributed by atoms with Gasteiger partial charge in [-0.05, 0) is 30.4 Å². The van der Waals surface area contributed by atoms with E-state index in [1.54, 1.807) is 5.57 Å². The molecule has 1 spiro atoms. The molecule has 0 bridgehead atoms. The van der Waals surface area contributed by atoms with Crippen LogP contribution in [0.2, 0.25) is 0 Å². The number of benzene rings is 1. The maximum absolute atomic E-state index is 5.83. The van der Waals surface area contributed by atoms with E-state index in [2.05, 4.69) is 35.7 Å². The van der Waals surface area contributed by atoms with Crippen LogP contribution in [0.4, 0.5) is 0 Å². The van der Waals surface area contributed by atoms with Gasteiger partial charge in [-0.2, -0.15) is 0 Å². The summed E-state index contributed by atoms with van der Waals surface area (Å²) in [5, 5.41) is 3.85. The molecule has 2 heteroatoms. The van der Waals surface area contributed by atoms with E-state index in [0.717, 1.165) is 13.2 Å². The second-order valence-corrected chi connectivity index (χ2v) is 5.78. The lowest BCUT2D eigenvalue weighted by molar-refractivity contribution is 0.0562. The van der Waals surface area contributed by atoms with Crippen molar-refractivity contribution in [1.82, 2.24) is 5.32 Å². The average Bonchev–Trinajstić information content (AvgIpc) is 2.78. The summed E-state index contributed by atoms with van der Waals surface area (Å²) in [7, 11) is 0. The zero-order valence-corrected chi connectivity index (χ0v) is 10.6. The predicted molar refractivity (Wildman–Crippen MR) is 71.3 cm³/mol. The van der Waals surface area contributed by atoms with Gasteiger partial charge in [0.05, 0.1) is 18.8 Å². The molecule has 1 aromatic carbocycles. The van der Waals surface area contributed by atoms with Gasteiger partial charge in [-0.3, -0.25) is 5.32 Å². The van der Waals surface area contributed by atoms with E-state index in [0.29, 0.717) is 6.04 Å². The van der Waals surface area contributed by atoms with E-state index in [1.165, 1.54) is 36.8 Å². The molecule has 1 aromatic rings. The van der Waals surface area contributed by atoms with Crippen molar-refractivity contribution in [2.75, 3.05) is 6.61 Å². The van der Waals surface area contributed by atoms with Crippen molar-refractivity contribution in [3.8, 4) is 0 Å². The topological polar surface area (TPSA) is 21.3 Å². The molecule has 94 valence electrons. The molecule has 2 atom stereocenters. The van der Waals surface area contributed by atoms with E-state index in [4.69, 9.17) is 4.74 Å². The molecule has 0 aromatic heterocycles. The molecule has 1 aliphatic carbocycles. The summed E-state index contributed by atoms with van der Waals surface area (Å²) < 4.78 is 5.83. The number of rotatable bonds is 0. The highest BCUT2D eigenvalue weighted by atomic mass is 16.5. The third kappa shape index (κ3) is 1.49. The molecule has 18 heavy (non-hydrogen) atoms. The second-order valence-electron chi connectivity index (χ2n) is 5.78. The molecule has 1 N–H and O–H groups in total. The number of ether oxygens (including phenoxy) is 1. The van der Waals surface area contributed by atoms with Gasteiger partial charge in [0, 0.05) is 6.04 Å². The highest BCUT2D eigenvalue weighted by molar-refractivity contribution is 5.44. The molecule has 0 amide bonds. The first-order valence-corrected chi connectivity index (χ1v) is 7.03. The minimum absolute atomic E-state index is 0.0425. The summed E-state index contributed by atoms with van der Waals surface area (Å²) in [6.45, 7) is 1.54. The van der Waals surface area contributed by atoms with E-state index in [9.17, 15) is 0 Å².